The molecule has 1 aromatic rings. The van der Waals surface area contributed by atoms with Crippen LogP contribution in [0.15, 0.2) is 29.3 Å². The minimum absolute atomic E-state index is 0.365. The summed E-state index contributed by atoms with van der Waals surface area (Å²) in [5, 5.41) is 6.47. The Morgan fingerprint density at radius 2 is 1.90 bits per heavy atom. The fraction of sp³-hybridized carbons (Fsp3) is 0.562. The first kappa shape index (κ1) is 16.3. The van der Waals surface area contributed by atoms with Crippen molar-refractivity contribution in [3.63, 3.8) is 0 Å². The number of ether oxygens (including phenoxy) is 1. The van der Waals surface area contributed by atoms with Crippen LogP contribution in [0.5, 0.6) is 5.75 Å². The van der Waals surface area contributed by atoms with Gasteiger partial charge >= 0.3 is 0 Å². The van der Waals surface area contributed by atoms with Crippen LogP contribution < -0.4 is 15.4 Å². The van der Waals surface area contributed by atoms with Crippen molar-refractivity contribution in [2.75, 3.05) is 20.2 Å². The summed E-state index contributed by atoms with van der Waals surface area (Å²) in [7, 11) is 1.77. The summed E-state index contributed by atoms with van der Waals surface area (Å²) in [4.78, 5) is 4.16. The first-order valence-corrected chi connectivity index (χ1v) is 7.23. The Hall–Kier alpha value is -1.71. The Labute approximate surface area is 122 Å². The predicted octanol–water partition coefficient (Wildman–Crippen LogP) is 2.76. The zero-order valence-corrected chi connectivity index (χ0v) is 13.2. The molecule has 0 spiro atoms. The van der Waals surface area contributed by atoms with E-state index in [0.717, 1.165) is 18.3 Å². The molecule has 0 fully saturated rings. The minimum atomic E-state index is 0.365. The monoisotopic (exact) mass is 277 g/mol. The molecule has 4 heteroatoms. The van der Waals surface area contributed by atoms with Gasteiger partial charge in [0, 0.05) is 13.1 Å². The highest BCUT2D eigenvalue weighted by atomic mass is 16.5. The van der Waals surface area contributed by atoms with Crippen LogP contribution in [0.4, 0.5) is 0 Å². The molecular formula is C16H27N3O. The number of nitrogens with one attached hydrogen (secondary N) is 2. The van der Waals surface area contributed by atoms with Gasteiger partial charge < -0.3 is 15.4 Å². The number of rotatable bonds is 6. The van der Waals surface area contributed by atoms with E-state index in [2.05, 4.69) is 55.5 Å². The van der Waals surface area contributed by atoms with E-state index < -0.39 is 0 Å². The largest absolute Gasteiger partial charge is 0.491 e. The summed E-state index contributed by atoms with van der Waals surface area (Å²) < 4.78 is 5.85. The van der Waals surface area contributed by atoms with Gasteiger partial charge in [-0.2, -0.15) is 0 Å². The van der Waals surface area contributed by atoms with E-state index in [1.165, 1.54) is 5.56 Å². The highest BCUT2D eigenvalue weighted by molar-refractivity contribution is 5.79. The summed E-state index contributed by atoms with van der Waals surface area (Å²) in [6, 6.07) is 8.56. The topological polar surface area (TPSA) is 45.7 Å². The SMILES string of the molecule is CN=C(NCCOc1ccccc1C(C)C)NC(C)C. The minimum Gasteiger partial charge on any atom is -0.491 e. The van der Waals surface area contributed by atoms with E-state index >= 15 is 0 Å². The number of hydrogen-bond acceptors (Lipinski definition) is 2. The van der Waals surface area contributed by atoms with Crippen molar-refractivity contribution < 1.29 is 4.74 Å². The van der Waals surface area contributed by atoms with Gasteiger partial charge in [0.2, 0.25) is 0 Å². The molecular weight excluding hydrogens is 250 g/mol. The lowest BCUT2D eigenvalue weighted by Gasteiger charge is -2.16. The maximum Gasteiger partial charge on any atom is 0.191 e. The molecule has 0 aliphatic rings. The van der Waals surface area contributed by atoms with Crippen molar-refractivity contribution in [2.45, 2.75) is 39.7 Å². The van der Waals surface area contributed by atoms with Gasteiger partial charge in [0.15, 0.2) is 5.96 Å². The van der Waals surface area contributed by atoms with Gasteiger partial charge in [0.25, 0.3) is 0 Å². The van der Waals surface area contributed by atoms with Gasteiger partial charge in [-0.3, -0.25) is 4.99 Å². The third-order valence-electron chi connectivity index (χ3n) is 2.84. The molecule has 0 amide bonds. The van der Waals surface area contributed by atoms with Crippen LogP contribution in [0.1, 0.15) is 39.2 Å². The van der Waals surface area contributed by atoms with Crippen molar-refractivity contribution in [1.29, 1.82) is 0 Å². The van der Waals surface area contributed by atoms with Crippen molar-refractivity contribution in [3.8, 4) is 5.75 Å². The molecule has 0 aromatic heterocycles. The number of guanidine groups is 1. The fourth-order valence-corrected chi connectivity index (χ4v) is 1.89. The maximum absolute atomic E-state index is 5.85. The second-order valence-electron chi connectivity index (χ2n) is 5.34. The Morgan fingerprint density at radius 1 is 1.20 bits per heavy atom. The first-order chi connectivity index (χ1) is 9.54. The van der Waals surface area contributed by atoms with E-state index in [0.29, 0.717) is 18.6 Å². The average Bonchev–Trinajstić information content (AvgIpc) is 2.42. The molecule has 4 nitrogen and oxygen atoms in total. The zero-order chi connectivity index (χ0) is 15.0. The number of nitrogens with zero attached hydrogens (tertiary/aromatic N) is 1. The van der Waals surface area contributed by atoms with Crippen LogP contribution in [-0.4, -0.2) is 32.2 Å². The molecule has 20 heavy (non-hydrogen) atoms. The quantitative estimate of drug-likeness (QED) is 0.477. The third kappa shape index (κ3) is 5.51. The van der Waals surface area contributed by atoms with Gasteiger partial charge in [-0.1, -0.05) is 32.0 Å². The normalized spacial score (nSPS) is 11.8. The van der Waals surface area contributed by atoms with Crippen LogP contribution >= 0.6 is 0 Å². The average molecular weight is 277 g/mol. The van der Waals surface area contributed by atoms with Gasteiger partial charge in [-0.15, -0.1) is 0 Å². The summed E-state index contributed by atoms with van der Waals surface area (Å²) in [5.74, 6) is 2.24. The molecule has 1 aromatic carbocycles. The summed E-state index contributed by atoms with van der Waals surface area (Å²) in [6.07, 6.45) is 0. The molecule has 0 aliphatic heterocycles. The Kier molecular flexibility index (Phi) is 6.91. The Bertz CT molecular complexity index is 427. The van der Waals surface area contributed by atoms with Crippen molar-refractivity contribution in [1.82, 2.24) is 10.6 Å². The fourth-order valence-electron chi connectivity index (χ4n) is 1.89. The van der Waals surface area contributed by atoms with E-state index in [1.54, 1.807) is 7.05 Å². The lowest BCUT2D eigenvalue weighted by Crippen LogP contribution is -2.42. The first-order valence-electron chi connectivity index (χ1n) is 7.23. The predicted molar refractivity (Wildman–Crippen MR) is 85.7 cm³/mol. The van der Waals surface area contributed by atoms with Gasteiger partial charge in [0.05, 0.1) is 6.54 Å². The van der Waals surface area contributed by atoms with Crippen LogP contribution in [0, 0.1) is 0 Å². The highest BCUT2D eigenvalue weighted by Gasteiger charge is 2.06. The molecule has 2 N–H and O–H groups in total. The molecule has 0 heterocycles. The zero-order valence-electron chi connectivity index (χ0n) is 13.2. The maximum atomic E-state index is 5.85. The highest BCUT2D eigenvalue weighted by Crippen LogP contribution is 2.25. The number of hydrogen-bond donors (Lipinski definition) is 2. The molecule has 0 aliphatic carbocycles. The lowest BCUT2D eigenvalue weighted by molar-refractivity contribution is 0.317. The van der Waals surface area contributed by atoms with Crippen molar-refractivity contribution in [2.24, 2.45) is 4.99 Å². The third-order valence-corrected chi connectivity index (χ3v) is 2.84. The number of aliphatic imine (C=N–C) groups is 1. The van der Waals surface area contributed by atoms with E-state index in [9.17, 15) is 0 Å². The number of para-hydroxylation sites is 1. The second-order valence-corrected chi connectivity index (χ2v) is 5.34. The van der Waals surface area contributed by atoms with Gasteiger partial charge in [-0.25, -0.2) is 0 Å². The molecule has 0 atom stereocenters. The van der Waals surface area contributed by atoms with Gasteiger partial charge in [-0.05, 0) is 31.4 Å². The summed E-state index contributed by atoms with van der Waals surface area (Å²) >= 11 is 0. The van der Waals surface area contributed by atoms with Crippen LogP contribution in [0.25, 0.3) is 0 Å². The molecule has 0 radical (unpaired) electrons. The summed E-state index contributed by atoms with van der Waals surface area (Å²) in [5.41, 5.74) is 1.25. The second kappa shape index (κ2) is 8.46. The van der Waals surface area contributed by atoms with Crippen molar-refractivity contribution in [3.05, 3.63) is 29.8 Å². The molecule has 112 valence electrons. The standard InChI is InChI=1S/C16H27N3O/c1-12(2)14-8-6-7-9-15(14)20-11-10-18-16(17-5)19-13(3)4/h6-9,12-13H,10-11H2,1-5H3,(H2,17,18,19). The van der Waals surface area contributed by atoms with Crippen LogP contribution in [0.3, 0.4) is 0 Å². The number of benzene rings is 1. The summed E-state index contributed by atoms with van der Waals surface area (Å²) in [6.45, 7) is 9.86. The molecule has 1 rings (SSSR count). The molecule has 0 saturated heterocycles. The van der Waals surface area contributed by atoms with Gasteiger partial charge in [0.1, 0.15) is 12.4 Å². The molecule has 0 unspecified atom stereocenters. The molecule has 0 saturated carbocycles. The van der Waals surface area contributed by atoms with E-state index in [1.807, 2.05) is 12.1 Å². The van der Waals surface area contributed by atoms with Crippen LogP contribution in [-0.2, 0) is 0 Å². The van der Waals surface area contributed by atoms with E-state index in [4.69, 9.17) is 4.74 Å². The Morgan fingerprint density at radius 3 is 2.50 bits per heavy atom. The van der Waals surface area contributed by atoms with Crippen molar-refractivity contribution >= 4 is 5.96 Å². The smallest absolute Gasteiger partial charge is 0.191 e. The van der Waals surface area contributed by atoms with E-state index in [-0.39, 0.29) is 0 Å². The lowest BCUT2D eigenvalue weighted by atomic mass is 10.0. The van der Waals surface area contributed by atoms with Crippen LogP contribution in [0.2, 0.25) is 0 Å². The Balaban J connectivity index is 2.41. The molecule has 0 bridgehead atoms.